The number of amides is 1. The molecule has 6 heteroatoms. The highest BCUT2D eigenvalue weighted by atomic mass is 35.5. The normalized spacial score (nSPS) is 23.0. The summed E-state index contributed by atoms with van der Waals surface area (Å²) < 4.78 is 5.37. The van der Waals surface area contributed by atoms with Gasteiger partial charge in [0, 0.05) is 24.0 Å². The smallest absolute Gasteiger partial charge is 0.222 e. The Morgan fingerprint density at radius 3 is 2.67 bits per heavy atom. The van der Waals surface area contributed by atoms with Crippen molar-refractivity contribution in [3.8, 4) is 0 Å². The molecule has 1 unspecified atom stereocenters. The first kappa shape index (κ1) is 16.6. The van der Waals surface area contributed by atoms with Gasteiger partial charge in [0.25, 0.3) is 0 Å². The molecule has 2 fully saturated rings. The van der Waals surface area contributed by atoms with E-state index in [-0.39, 0.29) is 29.9 Å². The van der Waals surface area contributed by atoms with Crippen LogP contribution in [0.25, 0.3) is 0 Å². The number of carbonyl (C=O) groups is 1. The van der Waals surface area contributed by atoms with Gasteiger partial charge in [-0.1, -0.05) is 23.7 Å². The van der Waals surface area contributed by atoms with E-state index in [0.717, 1.165) is 36.6 Å². The van der Waals surface area contributed by atoms with Gasteiger partial charge in [-0.05, 0) is 30.5 Å². The van der Waals surface area contributed by atoms with E-state index in [1.807, 2.05) is 24.3 Å². The van der Waals surface area contributed by atoms with Crippen LogP contribution >= 0.6 is 24.0 Å². The van der Waals surface area contributed by atoms with E-state index < -0.39 is 0 Å². The fourth-order valence-corrected chi connectivity index (χ4v) is 2.80. The molecule has 1 heterocycles. The largest absolute Gasteiger partial charge is 0.378 e. The number of rotatable bonds is 4. The molecule has 0 spiro atoms. The molecule has 1 saturated heterocycles. The van der Waals surface area contributed by atoms with E-state index in [9.17, 15) is 4.79 Å². The summed E-state index contributed by atoms with van der Waals surface area (Å²) in [5, 5.41) is 7.19. The fourth-order valence-electron chi connectivity index (χ4n) is 2.67. The van der Waals surface area contributed by atoms with Crippen molar-refractivity contribution in [3.63, 3.8) is 0 Å². The minimum absolute atomic E-state index is 0. The molecule has 2 aliphatic rings. The van der Waals surface area contributed by atoms with Crippen molar-refractivity contribution in [2.75, 3.05) is 19.8 Å². The minimum atomic E-state index is -0.169. The van der Waals surface area contributed by atoms with Gasteiger partial charge in [0.15, 0.2) is 0 Å². The van der Waals surface area contributed by atoms with Crippen LogP contribution in [0, 0.1) is 0 Å². The number of carbonyl (C=O) groups excluding carboxylic acids is 1. The molecule has 1 amide bonds. The highest BCUT2D eigenvalue weighted by Gasteiger charge is 2.45. The third-order valence-corrected chi connectivity index (χ3v) is 4.21. The molecule has 4 nitrogen and oxygen atoms in total. The molecule has 1 aromatic carbocycles. The molecule has 0 aromatic heterocycles. The summed E-state index contributed by atoms with van der Waals surface area (Å²) in [5.41, 5.74) is 0.972. The van der Waals surface area contributed by atoms with Crippen LogP contribution in [0.3, 0.4) is 0 Å². The van der Waals surface area contributed by atoms with Crippen molar-refractivity contribution >= 4 is 29.9 Å². The van der Waals surface area contributed by atoms with Crippen LogP contribution in [0.5, 0.6) is 0 Å². The Morgan fingerprint density at radius 1 is 1.38 bits per heavy atom. The lowest BCUT2D eigenvalue weighted by Crippen LogP contribution is -2.45. The predicted octanol–water partition coefficient (Wildman–Crippen LogP) is 2.25. The predicted molar refractivity (Wildman–Crippen MR) is 85.0 cm³/mol. The van der Waals surface area contributed by atoms with Crippen molar-refractivity contribution in [1.29, 1.82) is 0 Å². The molecule has 1 aliphatic heterocycles. The number of ether oxygens (including phenoxy) is 1. The minimum Gasteiger partial charge on any atom is -0.378 e. The van der Waals surface area contributed by atoms with E-state index in [2.05, 4.69) is 10.6 Å². The van der Waals surface area contributed by atoms with Crippen LogP contribution in [0.2, 0.25) is 5.02 Å². The average molecular weight is 331 g/mol. The second kappa shape index (κ2) is 6.97. The van der Waals surface area contributed by atoms with Crippen molar-refractivity contribution in [3.05, 3.63) is 34.9 Å². The standard InChI is InChI=1S/C15H19ClN2O2.ClH/c16-12-3-1-11(2-4-12)15(5-6-15)18-14(19)9-13-10-20-8-7-17-13;/h1-4,13,17H,5-10H2,(H,18,19);1H. The average Bonchev–Trinajstić information content (AvgIpc) is 3.21. The quantitative estimate of drug-likeness (QED) is 0.890. The monoisotopic (exact) mass is 330 g/mol. The van der Waals surface area contributed by atoms with E-state index in [1.165, 1.54) is 0 Å². The fraction of sp³-hybridized carbons (Fsp3) is 0.533. The molecule has 1 atom stereocenters. The summed E-state index contributed by atoms with van der Waals surface area (Å²) in [6.07, 6.45) is 2.46. The van der Waals surface area contributed by atoms with E-state index in [0.29, 0.717) is 13.0 Å². The Balaban J connectivity index is 0.00000161. The molecule has 2 N–H and O–H groups in total. The van der Waals surface area contributed by atoms with Crippen LogP contribution in [-0.4, -0.2) is 31.7 Å². The summed E-state index contributed by atoms with van der Waals surface area (Å²) in [5.74, 6) is 0.0838. The first-order chi connectivity index (χ1) is 9.68. The highest BCUT2D eigenvalue weighted by molar-refractivity contribution is 6.30. The molecular weight excluding hydrogens is 311 g/mol. The third kappa shape index (κ3) is 4.10. The Kier molecular flexibility index (Phi) is 5.49. The second-order valence-corrected chi connectivity index (χ2v) is 6.00. The number of benzene rings is 1. The molecule has 116 valence electrons. The molecule has 0 radical (unpaired) electrons. The summed E-state index contributed by atoms with van der Waals surface area (Å²) in [7, 11) is 0. The SMILES string of the molecule is Cl.O=C(CC1COCCN1)NC1(c2ccc(Cl)cc2)CC1. The topological polar surface area (TPSA) is 50.4 Å². The second-order valence-electron chi connectivity index (χ2n) is 5.57. The van der Waals surface area contributed by atoms with Crippen LogP contribution in [0.4, 0.5) is 0 Å². The molecule has 1 saturated carbocycles. The van der Waals surface area contributed by atoms with Crippen LogP contribution in [-0.2, 0) is 15.1 Å². The van der Waals surface area contributed by atoms with Crippen molar-refractivity contribution in [2.24, 2.45) is 0 Å². The van der Waals surface area contributed by atoms with Crippen molar-refractivity contribution in [2.45, 2.75) is 30.8 Å². The number of morpholine rings is 1. The molecule has 21 heavy (non-hydrogen) atoms. The third-order valence-electron chi connectivity index (χ3n) is 3.96. The van der Waals surface area contributed by atoms with Crippen LogP contribution in [0.1, 0.15) is 24.8 Å². The van der Waals surface area contributed by atoms with E-state index >= 15 is 0 Å². The van der Waals surface area contributed by atoms with Gasteiger partial charge in [-0.2, -0.15) is 0 Å². The zero-order chi connectivity index (χ0) is 14.0. The summed E-state index contributed by atoms with van der Waals surface area (Å²) >= 11 is 5.91. The lowest BCUT2D eigenvalue weighted by atomic mass is 10.0. The first-order valence-corrected chi connectivity index (χ1v) is 7.44. The molecule has 1 aromatic rings. The number of nitrogens with one attached hydrogen (secondary N) is 2. The number of hydrogen-bond donors (Lipinski definition) is 2. The summed E-state index contributed by atoms with van der Waals surface area (Å²) in [4.78, 5) is 12.2. The number of hydrogen-bond acceptors (Lipinski definition) is 3. The Bertz CT molecular complexity index is 483. The van der Waals surface area contributed by atoms with E-state index in [4.69, 9.17) is 16.3 Å². The highest BCUT2D eigenvalue weighted by Crippen LogP contribution is 2.45. The molecule has 3 rings (SSSR count). The maximum absolute atomic E-state index is 12.2. The van der Waals surface area contributed by atoms with Gasteiger partial charge in [-0.15, -0.1) is 12.4 Å². The Hall–Kier alpha value is -0.810. The summed E-state index contributed by atoms with van der Waals surface area (Å²) in [6.45, 7) is 2.16. The maximum atomic E-state index is 12.2. The van der Waals surface area contributed by atoms with Gasteiger partial charge in [0.05, 0.1) is 18.8 Å². The lowest BCUT2D eigenvalue weighted by molar-refractivity contribution is -0.123. The maximum Gasteiger partial charge on any atom is 0.222 e. The van der Waals surface area contributed by atoms with Crippen LogP contribution < -0.4 is 10.6 Å². The van der Waals surface area contributed by atoms with Gasteiger partial charge >= 0.3 is 0 Å². The van der Waals surface area contributed by atoms with Crippen LogP contribution in [0.15, 0.2) is 24.3 Å². The Labute approximate surface area is 136 Å². The lowest BCUT2D eigenvalue weighted by Gasteiger charge is -2.25. The van der Waals surface area contributed by atoms with Gasteiger partial charge in [-0.25, -0.2) is 0 Å². The molecule has 0 bridgehead atoms. The number of halogens is 2. The van der Waals surface area contributed by atoms with Gasteiger partial charge in [0.2, 0.25) is 5.91 Å². The van der Waals surface area contributed by atoms with Crippen molar-refractivity contribution in [1.82, 2.24) is 10.6 Å². The van der Waals surface area contributed by atoms with Gasteiger partial charge in [-0.3, -0.25) is 4.79 Å². The molecular formula is C15H20Cl2N2O2. The zero-order valence-corrected chi connectivity index (χ0v) is 13.3. The first-order valence-electron chi connectivity index (χ1n) is 7.06. The summed E-state index contributed by atoms with van der Waals surface area (Å²) in [6, 6.07) is 7.87. The van der Waals surface area contributed by atoms with Gasteiger partial charge in [0.1, 0.15) is 0 Å². The van der Waals surface area contributed by atoms with E-state index in [1.54, 1.807) is 0 Å². The van der Waals surface area contributed by atoms with Gasteiger partial charge < -0.3 is 15.4 Å². The van der Waals surface area contributed by atoms with Crippen molar-refractivity contribution < 1.29 is 9.53 Å². The zero-order valence-electron chi connectivity index (χ0n) is 11.7. The molecule has 1 aliphatic carbocycles. The Morgan fingerprint density at radius 2 is 2.10 bits per heavy atom.